The predicted octanol–water partition coefficient (Wildman–Crippen LogP) is 0.0193. The average Bonchev–Trinajstić information content (AvgIpc) is 2.66. The first kappa shape index (κ1) is 8.35. The molecule has 4 heterocycles. The molecule has 3 aliphatic heterocycles. The summed E-state index contributed by atoms with van der Waals surface area (Å²) in [4.78, 5) is 2.53. The smallest absolute Gasteiger partial charge is 0.155 e. The number of aryl methyl sites for hydroxylation is 1. The molecule has 4 rings (SSSR count). The van der Waals surface area contributed by atoms with Gasteiger partial charge in [0, 0.05) is 19.5 Å². The van der Waals surface area contributed by atoms with Gasteiger partial charge in [-0.3, -0.25) is 0 Å². The van der Waals surface area contributed by atoms with Crippen LogP contribution in [0.15, 0.2) is 0 Å². The molecule has 0 saturated carbocycles. The number of aromatic nitrogens is 4. The van der Waals surface area contributed by atoms with Crippen LogP contribution in [0.4, 0.5) is 0 Å². The van der Waals surface area contributed by atoms with E-state index in [0.717, 1.165) is 18.3 Å². The highest BCUT2D eigenvalue weighted by molar-refractivity contribution is 5.03. The Morgan fingerprint density at radius 1 is 1.29 bits per heavy atom. The van der Waals surface area contributed by atoms with Gasteiger partial charge in [-0.25, -0.2) is 4.68 Å². The Morgan fingerprint density at radius 3 is 2.57 bits per heavy atom. The van der Waals surface area contributed by atoms with E-state index in [1.807, 2.05) is 11.7 Å². The van der Waals surface area contributed by atoms with Crippen molar-refractivity contribution in [3.8, 4) is 0 Å². The number of hydrogen-bond donors (Lipinski definition) is 0. The third-order valence-corrected chi connectivity index (χ3v) is 3.64. The van der Waals surface area contributed by atoms with Crippen LogP contribution in [0, 0.1) is 5.92 Å². The van der Waals surface area contributed by atoms with Crippen molar-refractivity contribution in [2.24, 2.45) is 13.0 Å². The lowest BCUT2D eigenvalue weighted by molar-refractivity contribution is 0.0820. The molecule has 1 atom stereocenters. The molecule has 5 nitrogen and oxygen atoms in total. The minimum atomic E-state index is 0.567. The molecule has 14 heavy (non-hydrogen) atoms. The van der Waals surface area contributed by atoms with Crippen molar-refractivity contribution in [2.45, 2.75) is 18.8 Å². The standard InChI is InChI=1S/C9H15N5/c1-13-9(10-11-12-13)8-6-14-4-2-7(8)3-5-14/h7-8H,2-6H2,1H3. The molecule has 2 bridgehead atoms. The maximum atomic E-state index is 4.13. The lowest BCUT2D eigenvalue weighted by Gasteiger charge is -2.43. The Kier molecular flexibility index (Phi) is 1.80. The van der Waals surface area contributed by atoms with Crippen LogP contribution in [0.2, 0.25) is 0 Å². The van der Waals surface area contributed by atoms with Crippen molar-refractivity contribution >= 4 is 0 Å². The molecule has 0 radical (unpaired) electrons. The molecule has 3 saturated heterocycles. The zero-order valence-electron chi connectivity index (χ0n) is 8.43. The van der Waals surface area contributed by atoms with Gasteiger partial charge in [0.05, 0.1) is 0 Å². The number of fused-ring (bicyclic) bond motifs is 3. The summed E-state index contributed by atoms with van der Waals surface area (Å²) >= 11 is 0. The molecule has 3 aliphatic rings. The second-order valence-electron chi connectivity index (χ2n) is 4.41. The Hall–Kier alpha value is -0.970. The summed E-state index contributed by atoms with van der Waals surface area (Å²) in [5, 5.41) is 11.8. The summed E-state index contributed by atoms with van der Waals surface area (Å²) in [6.07, 6.45) is 2.63. The van der Waals surface area contributed by atoms with Gasteiger partial charge in [0.25, 0.3) is 0 Å². The number of nitrogens with zero attached hydrogens (tertiary/aromatic N) is 5. The van der Waals surface area contributed by atoms with E-state index in [4.69, 9.17) is 0 Å². The maximum Gasteiger partial charge on any atom is 0.155 e. The molecular weight excluding hydrogens is 178 g/mol. The predicted molar refractivity (Wildman–Crippen MR) is 50.7 cm³/mol. The third-order valence-electron chi connectivity index (χ3n) is 3.64. The monoisotopic (exact) mass is 193 g/mol. The molecule has 76 valence electrons. The fraction of sp³-hybridized carbons (Fsp3) is 0.889. The highest BCUT2D eigenvalue weighted by atomic mass is 15.5. The van der Waals surface area contributed by atoms with Crippen molar-refractivity contribution in [1.29, 1.82) is 0 Å². The summed E-state index contributed by atoms with van der Waals surface area (Å²) < 4.78 is 1.83. The normalized spacial score (nSPS) is 36.2. The van der Waals surface area contributed by atoms with E-state index in [1.54, 1.807) is 0 Å². The fourth-order valence-corrected chi connectivity index (χ4v) is 2.81. The summed E-state index contributed by atoms with van der Waals surface area (Å²) in [5.74, 6) is 2.45. The Morgan fingerprint density at radius 2 is 2.07 bits per heavy atom. The molecule has 1 aromatic rings. The van der Waals surface area contributed by atoms with Gasteiger partial charge in [0.15, 0.2) is 5.82 Å². The first-order valence-corrected chi connectivity index (χ1v) is 5.29. The first-order chi connectivity index (χ1) is 6.84. The van der Waals surface area contributed by atoms with Gasteiger partial charge in [-0.2, -0.15) is 0 Å². The molecule has 0 aliphatic carbocycles. The van der Waals surface area contributed by atoms with E-state index in [1.165, 1.54) is 25.9 Å². The van der Waals surface area contributed by atoms with Crippen LogP contribution in [0.1, 0.15) is 24.6 Å². The quantitative estimate of drug-likeness (QED) is 0.631. The van der Waals surface area contributed by atoms with Crippen molar-refractivity contribution in [1.82, 2.24) is 25.1 Å². The second-order valence-corrected chi connectivity index (χ2v) is 4.41. The Bertz CT molecular complexity index is 326. The van der Waals surface area contributed by atoms with Crippen LogP contribution >= 0.6 is 0 Å². The van der Waals surface area contributed by atoms with Crippen LogP contribution in [-0.4, -0.2) is 44.7 Å². The number of piperidine rings is 3. The molecular formula is C9H15N5. The number of tetrazole rings is 1. The number of rotatable bonds is 1. The van der Waals surface area contributed by atoms with Crippen LogP contribution in [0.25, 0.3) is 0 Å². The highest BCUT2D eigenvalue weighted by Crippen LogP contribution is 2.37. The minimum absolute atomic E-state index is 0.567. The number of hydrogen-bond acceptors (Lipinski definition) is 4. The third kappa shape index (κ3) is 1.15. The van der Waals surface area contributed by atoms with Crippen molar-refractivity contribution in [2.75, 3.05) is 19.6 Å². The van der Waals surface area contributed by atoms with Crippen LogP contribution in [0.3, 0.4) is 0 Å². The van der Waals surface area contributed by atoms with E-state index >= 15 is 0 Å². The molecule has 0 amide bonds. The van der Waals surface area contributed by atoms with Gasteiger partial charge in [0.1, 0.15) is 0 Å². The zero-order valence-corrected chi connectivity index (χ0v) is 8.43. The van der Waals surface area contributed by atoms with Crippen LogP contribution in [-0.2, 0) is 7.05 Å². The van der Waals surface area contributed by atoms with Gasteiger partial charge in [-0.1, -0.05) is 0 Å². The lowest BCUT2D eigenvalue weighted by Crippen LogP contribution is -2.46. The molecule has 0 spiro atoms. The fourth-order valence-electron chi connectivity index (χ4n) is 2.81. The topological polar surface area (TPSA) is 46.8 Å². The highest BCUT2D eigenvalue weighted by Gasteiger charge is 2.37. The van der Waals surface area contributed by atoms with Gasteiger partial charge < -0.3 is 4.90 Å². The van der Waals surface area contributed by atoms with E-state index in [2.05, 4.69) is 20.4 Å². The molecule has 5 heteroatoms. The van der Waals surface area contributed by atoms with Crippen molar-refractivity contribution < 1.29 is 0 Å². The summed E-state index contributed by atoms with van der Waals surface area (Å²) in [5.41, 5.74) is 0. The van der Waals surface area contributed by atoms with Gasteiger partial charge in [0.2, 0.25) is 0 Å². The van der Waals surface area contributed by atoms with E-state index in [-0.39, 0.29) is 0 Å². The van der Waals surface area contributed by atoms with Crippen LogP contribution < -0.4 is 0 Å². The summed E-state index contributed by atoms with van der Waals surface area (Å²) in [6.45, 7) is 3.69. The Balaban J connectivity index is 1.89. The molecule has 0 aromatic carbocycles. The van der Waals surface area contributed by atoms with Crippen LogP contribution in [0.5, 0.6) is 0 Å². The second kappa shape index (κ2) is 3.02. The van der Waals surface area contributed by atoms with E-state index in [9.17, 15) is 0 Å². The van der Waals surface area contributed by atoms with E-state index < -0.39 is 0 Å². The summed E-state index contributed by atoms with van der Waals surface area (Å²) in [7, 11) is 1.94. The molecule has 3 fully saturated rings. The van der Waals surface area contributed by atoms with Gasteiger partial charge in [-0.05, 0) is 42.3 Å². The maximum absolute atomic E-state index is 4.13. The minimum Gasteiger partial charge on any atom is -0.303 e. The Labute approximate surface area is 83.1 Å². The van der Waals surface area contributed by atoms with Gasteiger partial charge in [-0.15, -0.1) is 5.10 Å². The molecule has 0 N–H and O–H groups in total. The molecule has 1 unspecified atom stereocenters. The average molecular weight is 193 g/mol. The van der Waals surface area contributed by atoms with Gasteiger partial charge >= 0.3 is 0 Å². The lowest BCUT2D eigenvalue weighted by atomic mass is 9.78. The largest absolute Gasteiger partial charge is 0.303 e. The summed E-state index contributed by atoms with van der Waals surface area (Å²) in [6, 6.07) is 0. The first-order valence-electron chi connectivity index (χ1n) is 5.29. The molecule has 1 aromatic heterocycles. The zero-order chi connectivity index (χ0) is 9.54. The van der Waals surface area contributed by atoms with E-state index in [0.29, 0.717) is 5.92 Å². The van der Waals surface area contributed by atoms with Crippen molar-refractivity contribution in [3.63, 3.8) is 0 Å². The SMILES string of the molecule is Cn1nnnc1C1CN2CCC1CC2. The van der Waals surface area contributed by atoms with Crippen molar-refractivity contribution in [3.05, 3.63) is 5.82 Å².